The van der Waals surface area contributed by atoms with Crippen molar-refractivity contribution < 1.29 is 17.9 Å². The minimum Gasteiger partial charge on any atom is -0.457 e. The molecule has 0 aliphatic carbocycles. The number of hydrogen-bond donors (Lipinski definition) is 1. The van der Waals surface area contributed by atoms with Crippen LogP contribution in [0.1, 0.15) is 16.7 Å². The Bertz CT molecular complexity index is 656. The molecule has 0 aliphatic rings. The van der Waals surface area contributed by atoms with E-state index in [-0.39, 0.29) is 12.1 Å². The van der Waals surface area contributed by atoms with Crippen molar-refractivity contribution in [3.8, 4) is 11.5 Å². The van der Waals surface area contributed by atoms with Crippen LogP contribution >= 0.6 is 11.6 Å². The highest BCUT2D eigenvalue weighted by atomic mass is 35.5. The molecule has 0 amide bonds. The Labute approximate surface area is 125 Å². The molecule has 112 valence electrons. The molecule has 0 fully saturated rings. The highest BCUT2D eigenvalue weighted by Gasteiger charge is 2.33. The summed E-state index contributed by atoms with van der Waals surface area (Å²) >= 11 is 5.84. The van der Waals surface area contributed by atoms with Crippen LogP contribution in [0.4, 0.5) is 13.2 Å². The van der Waals surface area contributed by atoms with E-state index in [1.807, 2.05) is 0 Å². The summed E-state index contributed by atoms with van der Waals surface area (Å²) in [7, 11) is 0. The van der Waals surface area contributed by atoms with E-state index >= 15 is 0 Å². The third kappa shape index (κ3) is 3.68. The van der Waals surface area contributed by atoms with Gasteiger partial charge in [-0.25, -0.2) is 0 Å². The molecule has 2 aromatic carbocycles. The standard InChI is InChI=1S/C15H13ClF3NO/c1-9-6-11(16)2-5-14(9)21-12-3-4-13(15(17,18)19)10(7-12)8-20/h2-7H,8,20H2,1H3. The normalized spacial score (nSPS) is 11.5. The van der Waals surface area contributed by atoms with Gasteiger partial charge in [-0.1, -0.05) is 11.6 Å². The van der Waals surface area contributed by atoms with E-state index in [4.69, 9.17) is 22.1 Å². The second-order valence-corrected chi connectivity index (χ2v) is 4.97. The van der Waals surface area contributed by atoms with Crippen LogP contribution in [-0.4, -0.2) is 0 Å². The van der Waals surface area contributed by atoms with Gasteiger partial charge >= 0.3 is 6.18 Å². The molecule has 0 heterocycles. The summed E-state index contributed by atoms with van der Waals surface area (Å²) in [5, 5.41) is 0.565. The second kappa shape index (κ2) is 5.95. The van der Waals surface area contributed by atoms with Gasteiger partial charge < -0.3 is 10.5 Å². The number of halogens is 4. The Morgan fingerprint density at radius 2 is 1.86 bits per heavy atom. The smallest absolute Gasteiger partial charge is 0.416 e. The maximum atomic E-state index is 12.8. The van der Waals surface area contributed by atoms with Crippen LogP contribution in [0.5, 0.6) is 11.5 Å². The van der Waals surface area contributed by atoms with Gasteiger partial charge in [0.25, 0.3) is 0 Å². The molecule has 2 nitrogen and oxygen atoms in total. The fraction of sp³-hybridized carbons (Fsp3) is 0.200. The molecule has 6 heteroatoms. The number of nitrogens with two attached hydrogens (primary N) is 1. The third-order valence-electron chi connectivity index (χ3n) is 2.97. The topological polar surface area (TPSA) is 35.2 Å². The van der Waals surface area contributed by atoms with Crippen LogP contribution in [0.15, 0.2) is 36.4 Å². The lowest BCUT2D eigenvalue weighted by Gasteiger charge is -2.14. The molecule has 0 aliphatic heterocycles. The first-order valence-electron chi connectivity index (χ1n) is 6.15. The molecule has 0 unspecified atom stereocenters. The summed E-state index contributed by atoms with van der Waals surface area (Å²) in [6.07, 6.45) is -4.43. The van der Waals surface area contributed by atoms with E-state index in [0.29, 0.717) is 16.5 Å². The van der Waals surface area contributed by atoms with Crippen LogP contribution in [0, 0.1) is 6.92 Å². The number of alkyl halides is 3. The van der Waals surface area contributed by atoms with Gasteiger partial charge in [-0.15, -0.1) is 0 Å². The molecule has 0 radical (unpaired) electrons. The van der Waals surface area contributed by atoms with E-state index in [1.165, 1.54) is 12.1 Å². The maximum Gasteiger partial charge on any atom is 0.416 e. The van der Waals surface area contributed by atoms with Gasteiger partial charge in [0.15, 0.2) is 0 Å². The highest BCUT2D eigenvalue weighted by molar-refractivity contribution is 6.30. The lowest BCUT2D eigenvalue weighted by molar-refractivity contribution is -0.138. The zero-order valence-corrected chi connectivity index (χ0v) is 11.9. The largest absolute Gasteiger partial charge is 0.457 e. The molecule has 0 atom stereocenters. The van der Waals surface area contributed by atoms with Crippen LogP contribution in [0.3, 0.4) is 0 Å². The van der Waals surface area contributed by atoms with Crippen molar-refractivity contribution in [2.75, 3.05) is 0 Å². The van der Waals surface area contributed by atoms with E-state index in [9.17, 15) is 13.2 Å². The van der Waals surface area contributed by atoms with E-state index in [0.717, 1.165) is 11.6 Å². The van der Waals surface area contributed by atoms with Gasteiger partial charge in [0.05, 0.1) is 5.56 Å². The first-order valence-corrected chi connectivity index (χ1v) is 6.53. The first kappa shape index (κ1) is 15.7. The van der Waals surface area contributed by atoms with Gasteiger partial charge in [0.1, 0.15) is 11.5 Å². The van der Waals surface area contributed by atoms with Crippen LogP contribution in [-0.2, 0) is 12.7 Å². The van der Waals surface area contributed by atoms with Crippen molar-refractivity contribution in [2.24, 2.45) is 5.73 Å². The quantitative estimate of drug-likeness (QED) is 0.872. The summed E-state index contributed by atoms with van der Waals surface area (Å²) in [5.74, 6) is 0.830. The second-order valence-electron chi connectivity index (χ2n) is 4.53. The zero-order valence-electron chi connectivity index (χ0n) is 11.2. The Kier molecular flexibility index (Phi) is 4.44. The molecule has 2 N–H and O–H groups in total. The van der Waals surface area contributed by atoms with Gasteiger partial charge in [-0.05, 0) is 54.4 Å². The Morgan fingerprint density at radius 1 is 1.14 bits per heavy atom. The minimum atomic E-state index is -4.43. The number of aryl methyl sites for hydroxylation is 1. The van der Waals surface area contributed by atoms with Crippen LogP contribution < -0.4 is 10.5 Å². The zero-order chi connectivity index (χ0) is 15.6. The maximum absolute atomic E-state index is 12.8. The fourth-order valence-corrected chi connectivity index (χ4v) is 2.16. The van der Waals surface area contributed by atoms with E-state index in [2.05, 4.69) is 0 Å². The van der Waals surface area contributed by atoms with Crippen LogP contribution in [0.2, 0.25) is 5.02 Å². The average molecular weight is 316 g/mol. The van der Waals surface area contributed by atoms with Crippen molar-refractivity contribution in [3.63, 3.8) is 0 Å². The summed E-state index contributed by atoms with van der Waals surface area (Å²) < 4.78 is 44.0. The number of rotatable bonds is 3. The van der Waals surface area contributed by atoms with Crippen molar-refractivity contribution in [1.82, 2.24) is 0 Å². The summed E-state index contributed by atoms with van der Waals surface area (Å²) in [5.41, 5.74) is 5.42. The Hall–Kier alpha value is -1.72. The predicted molar refractivity (Wildman–Crippen MR) is 75.6 cm³/mol. The van der Waals surface area contributed by atoms with Gasteiger partial charge in [-0.2, -0.15) is 13.2 Å². The molecule has 2 rings (SSSR count). The lowest BCUT2D eigenvalue weighted by atomic mass is 10.1. The molecule has 21 heavy (non-hydrogen) atoms. The number of hydrogen-bond acceptors (Lipinski definition) is 2. The highest BCUT2D eigenvalue weighted by Crippen LogP contribution is 2.35. The van der Waals surface area contributed by atoms with Crippen molar-refractivity contribution in [1.29, 1.82) is 0 Å². The van der Waals surface area contributed by atoms with E-state index in [1.54, 1.807) is 25.1 Å². The van der Waals surface area contributed by atoms with Gasteiger partial charge in [0, 0.05) is 11.6 Å². The summed E-state index contributed by atoms with van der Waals surface area (Å²) in [6, 6.07) is 8.58. The molecule has 2 aromatic rings. The molecule has 0 spiro atoms. The average Bonchev–Trinajstić information content (AvgIpc) is 2.40. The molecule has 0 saturated carbocycles. The lowest BCUT2D eigenvalue weighted by Crippen LogP contribution is -2.11. The SMILES string of the molecule is Cc1cc(Cl)ccc1Oc1ccc(C(F)(F)F)c(CN)c1. The third-order valence-corrected chi connectivity index (χ3v) is 3.20. The van der Waals surface area contributed by atoms with Crippen molar-refractivity contribution >= 4 is 11.6 Å². The Morgan fingerprint density at radius 3 is 2.43 bits per heavy atom. The monoisotopic (exact) mass is 315 g/mol. The first-order chi connectivity index (χ1) is 9.81. The van der Waals surface area contributed by atoms with Crippen molar-refractivity contribution in [3.05, 3.63) is 58.1 Å². The predicted octanol–water partition coefficient (Wildman–Crippen LogP) is 4.92. The molecule has 0 aromatic heterocycles. The summed E-state index contributed by atoms with van der Waals surface area (Å²) in [6.45, 7) is 1.58. The van der Waals surface area contributed by atoms with Crippen molar-refractivity contribution in [2.45, 2.75) is 19.6 Å². The molecule has 0 bridgehead atoms. The number of ether oxygens (including phenoxy) is 1. The van der Waals surface area contributed by atoms with E-state index < -0.39 is 11.7 Å². The summed E-state index contributed by atoms with van der Waals surface area (Å²) in [4.78, 5) is 0. The Balaban J connectivity index is 2.33. The molecular weight excluding hydrogens is 303 g/mol. The van der Waals surface area contributed by atoms with Gasteiger partial charge in [0.2, 0.25) is 0 Å². The fourth-order valence-electron chi connectivity index (χ4n) is 1.93. The molecule has 0 saturated heterocycles. The minimum absolute atomic E-state index is 0.00776. The van der Waals surface area contributed by atoms with Crippen LogP contribution in [0.25, 0.3) is 0 Å². The number of benzene rings is 2. The van der Waals surface area contributed by atoms with Gasteiger partial charge in [-0.3, -0.25) is 0 Å². The molecular formula is C15H13ClF3NO.